The van der Waals surface area contributed by atoms with Gasteiger partial charge in [-0.1, -0.05) is 0 Å². The predicted octanol–water partition coefficient (Wildman–Crippen LogP) is 3.11. The molecule has 0 aliphatic carbocycles. The third-order valence-corrected chi connectivity index (χ3v) is 5.20. The van der Waals surface area contributed by atoms with Crippen molar-refractivity contribution in [2.75, 3.05) is 22.9 Å². The molecule has 0 amide bonds. The minimum Gasteiger partial charge on any atom is -0.352 e. The summed E-state index contributed by atoms with van der Waals surface area (Å²) in [7, 11) is 0. The maximum Gasteiger partial charge on any atom is 0.417 e. The second-order valence-corrected chi connectivity index (χ2v) is 6.79. The van der Waals surface area contributed by atoms with E-state index in [9.17, 15) is 17.6 Å². The molecule has 3 saturated heterocycles. The van der Waals surface area contributed by atoms with Crippen LogP contribution in [-0.2, 0) is 6.18 Å². The largest absolute Gasteiger partial charge is 0.417 e. The van der Waals surface area contributed by atoms with Crippen LogP contribution < -0.4 is 9.80 Å². The molecule has 0 saturated carbocycles. The molecule has 138 valence electrons. The lowest BCUT2D eigenvalue weighted by molar-refractivity contribution is -0.138. The molecule has 3 aliphatic heterocycles. The molecule has 9 heteroatoms. The molecular weight excluding hydrogens is 350 g/mol. The molecule has 26 heavy (non-hydrogen) atoms. The van der Waals surface area contributed by atoms with Crippen molar-refractivity contribution in [1.29, 1.82) is 0 Å². The van der Waals surface area contributed by atoms with Gasteiger partial charge in [0, 0.05) is 30.5 Å². The zero-order chi connectivity index (χ0) is 18.6. The molecule has 5 heterocycles. The van der Waals surface area contributed by atoms with Gasteiger partial charge >= 0.3 is 6.18 Å². The summed E-state index contributed by atoms with van der Waals surface area (Å²) in [6.07, 6.45) is -1.52. The summed E-state index contributed by atoms with van der Waals surface area (Å²) in [5, 5.41) is 0. The van der Waals surface area contributed by atoms with E-state index in [0.29, 0.717) is 25.4 Å². The van der Waals surface area contributed by atoms with Crippen molar-refractivity contribution < 1.29 is 17.6 Å². The Bertz CT molecular complexity index is 842. The van der Waals surface area contributed by atoms with Gasteiger partial charge in [-0.2, -0.15) is 13.2 Å². The number of aromatic nitrogens is 3. The number of fused-ring (bicyclic) bond motifs is 2. The molecule has 2 unspecified atom stereocenters. The number of pyridine rings is 1. The third kappa shape index (κ3) is 2.65. The van der Waals surface area contributed by atoms with Gasteiger partial charge in [0.15, 0.2) is 11.6 Å². The second kappa shape index (κ2) is 5.78. The van der Waals surface area contributed by atoms with E-state index in [2.05, 4.69) is 19.9 Å². The molecule has 2 aromatic rings. The van der Waals surface area contributed by atoms with Crippen molar-refractivity contribution in [3.8, 4) is 0 Å². The number of halogens is 4. The highest BCUT2D eigenvalue weighted by Crippen LogP contribution is 2.40. The lowest BCUT2D eigenvalue weighted by Crippen LogP contribution is -2.69. The summed E-state index contributed by atoms with van der Waals surface area (Å²) < 4.78 is 52.4. The molecule has 5 rings (SSSR count). The number of alkyl halides is 3. The standard InChI is InChI=1S/C17H17F4N5/c1-9-10(2)23-8-24-15(9)25-6-12-4-13(7-25)26(12)16-14(18)3-11(5-22-16)17(19,20)21/h3,5,8,12-13H,4,6-7H2,1-2H3. The Labute approximate surface area is 147 Å². The fraction of sp³-hybridized carbons (Fsp3) is 0.471. The average Bonchev–Trinajstić information content (AvgIpc) is 2.58. The maximum atomic E-state index is 14.3. The highest BCUT2D eigenvalue weighted by Gasteiger charge is 2.47. The summed E-state index contributed by atoms with van der Waals surface area (Å²) in [4.78, 5) is 16.2. The van der Waals surface area contributed by atoms with Crippen LogP contribution in [0.4, 0.5) is 29.2 Å². The quantitative estimate of drug-likeness (QED) is 0.764. The van der Waals surface area contributed by atoms with Gasteiger partial charge in [-0.05, 0) is 26.3 Å². The van der Waals surface area contributed by atoms with Crippen LogP contribution in [0.2, 0.25) is 0 Å². The van der Waals surface area contributed by atoms with Crippen molar-refractivity contribution in [2.24, 2.45) is 0 Å². The molecule has 0 radical (unpaired) electrons. The highest BCUT2D eigenvalue weighted by molar-refractivity contribution is 5.55. The number of piperazine rings is 1. The number of rotatable bonds is 2. The smallest absolute Gasteiger partial charge is 0.352 e. The van der Waals surface area contributed by atoms with Gasteiger partial charge < -0.3 is 9.80 Å². The summed E-state index contributed by atoms with van der Waals surface area (Å²) in [6.45, 7) is 5.12. The first kappa shape index (κ1) is 17.0. The molecule has 0 aromatic carbocycles. The fourth-order valence-electron chi connectivity index (χ4n) is 3.75. The Morgan fingerprint density at radius 3 is 2.35 bits per heavy atom. The number of anilines is 2. The first-order chi connectivity index (χ1) is 12.3. The molecule has 5 nitrogen and oxygen atoms in total. The Kier molecular flexibility index (Phi) is 3.78. The summed E-state index contributed by atoms with van der Waals surface area (Å²) in [5.74, 6) is -0.0840. The molecule has 2 bridgehead atoms. The van der Waals surface area contributed by atoms with Crippen molar-refractivity contribution in [3.63, 3.8) is 0 Å². The highest BCUT2D eigenvalue weighted by atomic mass is 19.4. The van der Waals surface area contributed by atoms with E-state index in [4.69, 9.17) is 0 Å². The van der Waals surface area contributed by atoms with Crippen LogP contribution in [0.3, 0.4) is 0 Å². The van der Waals surface area contributed by atoms with E-state index in [-0.39, 0.29) is 17.9 Å². The van der Waals surface area contributed by atoms with E-state index >= 15 is 0 Å². The van der Waals surface area contributed by atoms with Gasteiger partial charge in [-0.3, -0.25) is 0 Å². The average molecular weight is 367 g/mol. The Hall–Kier alpha value is -2.45. The SMILES string of the molecule is Cc1ncnc(N2CC3CC(C2)N3c2ncc(C(F)(F)F)cc2F)c1C. The zero-order valence-electron chi connectivity index (χ0n) is 14.3. The van der Waals surface area contributed by atoms with Gasteiger partial charge in [0.05, 0.1) is 17.6 Å². The molecule has 2 atom stereocenters. The first-order valence-corrected chi connectivity index (χ1v) is 8.30. The van der Waals surface area contributed by atoms with Crippen LogP contribution in [0.5, 0.6) is 0 Å². The van der Waals surface area contributed by atoms with Crippen LogP contribution in [0.15, 0.2) is 18.6 Å². The fourth-order valence-corrected chi connectivity index (χ4v) is 3.75. The summed E-state index contributed by atoms with van der Waals surface area (Å²) in [6, 6.07) is 0.524. The number of aryl methyl sites for hydroxylation is 1. The van der Waals surface area contributed by atoms with Crippen molar-refractivity contribution >= 4 is 11.6 Å². The summed E-state index contributed by atoms with van der Waals surface area (Å²) >= 11 is 0. The summed E-state index contributed by atoms with van der Waals surface area (Å²) in [5.41, 5.74) is 0.832. The topological polar surface area (TPSA) is 45.2 Å². The van der Waals surface area contributed by atoms with Crippen LogP contribution in [0, 0.1) is 19.7 Å². The van der Waals surface area contributed by atoms with Gasteiger partial charge in [0.2, 0.25) is 0 Å². The lowest BCUT2D eigenvalue weighted by atomic mass is 9.87. The predicted molar refractivity (Wildman–Crippen MR) is 87.6 cm³/mol. The van der Waals surface area contributed by atoms with Crippen LogP contribution in [0.25, 0.3) is 0 Å². The van der Waals surface area contributed by atoms with Crippen molar-refractivity contribution in [1.82, 2.24) is 15.0 Å². The second-order valence-electron chi connectivity index (χ2n) is 6.79. The van der Waals surface area contributed by atoms with E-state index in [1.54, 1.807) is 4.90 Å². The molecule has 0 N–H and O–H groups in total. The number of piperidine rings is 1. The van der Waals surface area contributed by atoms with Gasteiger partial charge in [0.1, 0.15) is 12.1 Å². The van der Waals surface area contributed by atoms with Crippen LogP contribution in [-0.4, -0.2) is 40.1 Å². The van der Waals surface area contributed by atoms with Gasteiger partial charge in [-0.15, -0.1) is 0 Å². The van der Waals surface area contributed by atoms with Gasteiger partial charge in [-0.25, -0.2) is 19.3 Å². The Morgan fingerprint density at radius 1 is 1.04 bits per heavy atom. The van der Waals surface area contributed by atoms with E-state index in [1.807, 2.05) is 13.8 Å². The number of hydrogen-bond acceptors (Lipinski definition) is 5. The Balaban J connectivity index is 1.56. The first-order valence-electron chi connectivity index (χ1n) is 8.30. The van der Waals surface area contributed by atoms with E-state index < -0.39 is 17.6 Å². The normalized spacial score (nSPS) is 22.4. The van der Waals surface area contributed by atoms with Gasteiger partial charge in [0.25, 0.3) is 0 Å². The molecule has 2 aromatic heterocycles. The minimum absolute atomic E-state index is 0.00200. The van der Waals surface area contributed by atoms with E-state index in [0.717, 1.165) is 23.5 Å². The number of hydrogen-bond donors (Lipinski definition) is 0. The minimum atomic E-state index is -4.60. The zero-order valence-corrected chi connectivity index (χ0v) is 14.3. The number of nitrogens with zero attached hydrogens (tertiary/aromatic N) is 5. The molecule has 0 spiro atoms. The molecular formula is C17H17F4N5. The third-order valence-electron chi connectivity index (χ3n) is 5.20. The van der Waals surface area contributed by atoms with Crippen molar-refractivity contribution in [3.05, 3.63) is 41.2 Å². The monoisotopic (exact) mass is 367 g/mol. The lowest BCUT2D eigenvalue weighted by Gasteiger charge is -2.57. The van der Waals surface area contributed by atoms with Crippen molar-refractivity contribution in [2.45, 2.75) is 38.5 Å². The maximum absolute atomic E-state index is 14.3. The molecule has 3 fully saturated rings. The van der Waals surface area contributed by atoms with Crippen LogP contribution >= 0.6 is 0 Å². The Morgan fingerprint density at radius 2 is 1.73 bits per heavy atom. The van der Waals surface area contributed by atoms with E-state index in [1.165, 1.54) is 6.33 Å². The van der Waals surface area contributed by atoms with Crippen LogP contribution in [0.1, 0.15) is 23.2 Å². The molecule has 3 aliphatic rings.